The van der Waals surface area contributed by atoms with E-state index in [1.807, 2.05) is 0 Å². The van der Waals surface area contributed by atoms with Gasteiger partial charge in [0, 0.05) is 19.7 Å². The van der Waals surface area contributed by atoms with Gasteiger partial charge in [-0.25, -0.2) is 0 Å². The number of ether oxygens (including phenoxy) is 2. The summed E-state index contributed by atoms with van der Waals surface area (Å²) in [6.45, 7) is 9.79. The molecule has 0 aromatic heterocycles. The van der Waals surface area contributed by atoms with Crippen molar-refractivity contribution in [3.05, 3.63) is 29.8 Å². The van der Waals surface area contributed by atoms with E-state index in [0.29, 0.717) is 12.6 Å². The molecule has 2 saturated heterocycles. The van der Waals surface area contributed by atoms with Crippen molar-refractivity contribution in [3.8, 4) is 5.75 Å². The first kappa shape index (κ1) is 24.2. The number of hydrogen-bond donors (Lipinski definition) is 2. The molecular formula is C22H37IN4O2. The molecule has 2 heterocycles. The number of aliphatic imine (C=N–C) groups is 1. The third kappa shape index (κ3) is 7.00. The van der Waals surface area contributed by atoms with Crippen molar-refractivity contribution >= 4 is 29.9 Å². The maximum Gasteiger partial charge on any atom is 0.191 e. The molecule has 0 amide bonds. The van der Waals surface area contributed by atoms with Gasteiger partial charge in [0.1, 0.15) is 5.75 Å². The van der Waals surface area contributed by atoms with E-state index in [2.05, 4.69) is 53.6 Å². The number of nitrogens with one attached hydrogen (secondary N) is 2. The predicted octanol–water partition coefficient (Wildman–Crippen LogP) is 3.57. The average Bonchev–Trinajstić information content (AvgIpc) is 3.39. The monoisotopic (exact) mass is 516 g/mol. The van der Waals surface area contributed by atoms with Crippen molar-refractivity contribution in [2.75, 3.05) is 46.4 Å². The summed E-state index contributed by atoms with van der Waals surface area (Å²) < 4.78 is 11.2. The highest BCUT2D eigenvalue weighted by Crippen LogP contribution is 2.27. The summed E-state index contributed by atoms with van der Waals surface area (Å²) in [5.74, 6) is 1.77. The Bertz CT molecular complexity index is 626. The molecule has 2 fully saturated rings. The highest BCUT2D eigenvalue weighted by atomic mass is 127. The number of benzene rings is 1. The van der Waals surface area contributed by atoms with Crippen LogP contribution < -0.4 is 15.4 Å². The first-order valence-electron chi connectivity index (χ1n) is 10.7. The van der Waals surface area contributed by atoms with Crippen LogP contribution in [0.5, 0.6) is 5.75 Å². The molecule has 2 atom stereocenters. The molecule has 29 heavy (non-hydrogen) atoms. The number of rotatable bonds is 8. The molecule has 2 N–H and O–H groups in total. The summed E-state index contributed by atoms with van der Waals surface area (Å²) in [7, 11) is 1.71. The van der Waals surface area contributed by atoms with Crippen LogP contribution in [0.4, 0.5) is 0 Å². The van der Waals surface area contributed by atoms with Crippen LogP contribution in [0.3, 0.4) is 0 Å². The van der Waals surface area contributed by atoms with Gasteiger partial charge in [-0.05, 0) is 70.3 Å². The molecule has 1 aromatic rings. The predicted molar refractivity (Wildman–Crippen MR) is 130 cm³/mol. The molecule has 3 rings (SSSR count). The van der Waals surface area contributed by atoms with Gasteiger partial charge in [0.15, 0.2) is 5.96 Å². The lowest BCUT2D eigenvalue weighted by atomic mass is 10.0. The zero-order valence-electron chi connectivity index (χ0n) is 18.1. The van der Waals surface area contributed by atoms with Crippen LogP contribution in [-0.4, -0.2) is 62.9 Å². The summed E-state index contributed by atoms with van der Waals surface area (Å²) in [6.07, 6.45) is 4.76. The number of guanidine groups is 1. The third-order valence-corrected chi connectivity index (χ3v) is 5.76. The van der Waals surface area contributed by atoms with E-state index in [9.17, 15) is 0 Å². The molecule has 0 spiro atoms. The van der Waals surface area contributed by atoms with Crippen molar-refractivity contribution in [1.82, 2.24) is 15.5 Å². The minimum Gasteiger partial charge on any atom is -0.497 e. The molecule has 0 saturated carbocycles. The van der Waals surface area contributed by atoms with Gasteiger partial charge in [-0.3, -0.25) is 9.89 Å². The molecule has 0 aliphatic carbocycles. The Labute approximate surface area is 192 Å². The molecule has 0 bridgehead atoms. The molecule has 2 unspecified atom stereocenters. The average molecular weight is 516 g/mol. The van der Waals surface area contributed by atoms with Crippen molar-refractivity contribution in [3.63, 3.8) is 0 Å². The van der Waals surface area contributed by atoms with Crippen LogP contribution in [0.2, 0.25) is 0 Å². The largest absolute Gasteiger partial charge is 0.497 e. The highest BCUT2D eigenvalue weighted by molar-refractivity contribution is 14.0. The van der Waals surface area contributed by atoms with Crippen LogP contribution >= 0.6 is 24.0 Å². The highest BCUT2D eigenvalue weighted by Gasteiger charge is 2.29. The van der Waals surface area contributed by atoms with Gasteiger partial charge < -0.3 is 20.1 Å². The van der Waals surface area contributed by atoms with E-state index in [1.54, 1.807) is 7.11 Å². The van der Waals surface area contributed by atoms with Crippen molar-refractivity contribution in [2.45, 2.75) is 51.2 Å². The lowest BCUT2D eigenvalue weighted by Gasteiger charge is -2.29. The Morgan fingerprint density at radius 2 is 1.93 bits per heavy atom. The summed E-state index contributed by atoms with van der Waals surface area (Å²) in [6, 6.07) is 8.80. The first-order valence-corrected chi connectivity index (χ1v) is 10.7. The summed E-state index contributed by atoms with van der Waals surface area (Å²) in [5, 5.41) is 6.96. The van der Waals surface area contributed by atoms with Gasteiger partial charge in [-0.1, -0.05) is 12.1 Å². The zero-order valence-corrected chi connectivity index (χ0v) is 20.4. The lowest BCUT2D eigenvalue weighted by Crippen LogP contribution is -2.43. The van der Waals surface area contributed by atoms with E-state index < -0.39 is 0 Å². The van der Waals surface area contributed by atoms with Gasteiger partial charge in [0.2, 0.25) is 0 Å². The second-order valence-corrected chi connectivity index (χ2v) is 8.01. The Morgan fingerprint density at radius 1 is 1.21 bits per heavy atom. The van der Waals surface area contributed by atoms with E-state index in [0.717, 1.165) is 57.3 Å². The van der Waals surface area contributed by atoms with E-state index in [1.165, 1.54) is 18.4 Å². The standard InChI is InChI=1S/C22H36N4O2.HI/c1-4-23-21(25-17-22(2)12-7-15-28-22)24-16-20(26-13-5-6-14-26)18-8-10-19(27-3)11-9-18;/h8-11,20H,4-7,12-17H2,1-3H3,(H2,23,24,25);1H. The molecular weight excluding hydrogens is 479 g/mol. The molecule has 2 aliphatic rings. The van der Waals surface area contributed by atoms with Crippen LogP contribution in [-0.2, 0) is 4.74 Å². The van der Waals surface area contributed by atoms with E-state index in [4.69, 9.17) is 14.5 Å². The lowest BCUT2D eigenvalue weighted by molar-refractivity contribution is 0.0283. The fourth-order valence-electron chi connectivity index (χ4n) is 4.08. The van der Waals surface area contributed by atoms with Crippen molar-refractivity contribution in [1.29, 1.82) is 0 Å². The smallest absolute Gasteiger partial charge is 0.191 e. The number of halogens is 1. The minimum absolute atomic E-state index is 0. The van der Waals surface area contributed by atoms with E-state index >= 15 is 0 Å². The van der Waals surface area contributed by atoms with Gasteiger partial charge in [0.05, 0.1) is 25.3 Å². The topological polar surface area (TPSA) is 58.1 Å². The summed E-state index contributed by atoms with van der Waals surface area (Å²) >= 11 is 0. The second kappa shape index (κ2) is 12.0. The molecule has 6 nitrogen and oxygen atoms in total. The van der Waals surface area contributed by atoms with E-state index in [-0.39, 0.29) is 29.6 Å². The number of hydrogen-bond acceptors (Lipinski definition) is 4. The summed E-state index contributed by atoms with van der Waals surface area (Å²) in [4.78, 5) is 7.39. The van der Waals surface area contributed by atoms with Gasteiger partial charge in [-0.2, -0.15) is 0 Å². The fourth-order valence-corrected chi connectivity index (χ4v) is 4.08. The Balaban J connectivity index is 0.00000300. The van der Waals surface area contributed by atoms with Crippen molar-refractivity contribution < 1.29 is 9.47 Å². The number of nitrogens with zero attached hydrogens (tertiary/aromatic N) is 2. The Hall–Kier alpha value is -1.06. The SMILES string of the molecule is CCNC(=NCC1(C)CCCO1)NCC(c1ccc(OC)cc1)N1CCCC1.I. The van der Waals surface area contributed by atoms with Crippen molar-refractivity contribution in [2.24, 2.45) is 4.99 Å². The second-order valence-electron chi connectivity index (χ2n) is 8.01. The minimum atomic E-state index is -0.118. The van der Waals surface area contributed by atoms with Crippen LogP contribution in [0.15, 0.2) is 29.3 Å². The molecule has 164 valence electrons. The fraction of sp³-hybridized carbons (Fsp3) is 0.682. The molecule has 2 aliphatic heterocycles. The quantitative estimate of drug-likeness (QED) is 0.315. The summed E-state index contributed by atoms with van der Waals surface area (Å²) in [5.41, 5.74) is 1.20. The van der Waals surface area contributed by atoms with Crippen LogP contribution in [0.25, 0.3) is 0 Å². The van der Waals surface area contributed by atoms with Crippen LogP contribution in [0, 0.1) is 0 Å². The third-order valence-electron chi connectivity index (χ3n) is 5.76. The maximum atomic E-state index is 5.88. The zero-order chi connectivity index (χ0) is 19.8. The number of methoxy groups -OCH3 is 1. The molecule has 7 heteroatoms. The normalized spacial score (nSPS) is 23.5. The maximum absolute atomic E-state index is 5.88. The number of likely N-dealkylation sites (tertiary alicyclic amines) is 1. The Kier molecular flexibility index (Phi) is 9.98. The molecule has 0 radical (unpaired) electrons. The Morgan fingerprint density at radius 3 is 2.52 bits per heavy atom. The van der Waals surface area contributed by atoms with Gasteiger partial charge in [-0.15, -0.1) is 24.0 Å². The van der Waals surface area contributed by atoms with Gasteiger partial charge in [0.25, 0.3) is 0 Å². The first-order chi connectivity index (χ1) is 13.6. The van der Waals surface area contributed by atoms with Crippen LogP contribution in [0.1, 0.15) is 51.1 Å². The molecule has 1 aromatic carbocycles. The van der Waals surface area contributed by atoms with Gasteiger partial charge >= 0.3 is 0 Å².